The quantitative estimate of drug-likeness (QED) is 0.499. The zero-order valence-corrected chi connectivity index (χ0v) is 11.8. The molecule has 0 saturated carbocycles. The fourth-order valence-electron chi connectivity index (χ4n) is 1.23. The molecular formula is C10H12ClN3O4S. The van der Waals surface area contributed by atoms with E-state index in [9.17, 15) is 19.1 Å². The summed E-state index contributed by atoms with van der Waals surface area (Å²) in [5, 5.41) is 12.7. The van der Waals surface area contributed by atoms with Crippen molar-refractivity contribution in [2.24, 2.45) is 0 Å². The van der Waals surface area contributed by atoms with Gasteiger partial charge in [-0.3, -0.25) is 19.1 Å². The molecule has 0 aliphatic carbocycles. The Hall–Kier alpha value is -1.54. The molecule has 0 aliphatic heterocycles. The van der Waals surface area contributed by atoms with Gasteiger partial charge in [0, 0.05) is 35.0 Å². The number of hydrogen-bond acceptors (Lipinski definition) is 5. The number of nitrogens with one attached hydrogen (secondary N) is 1. The first kappa shape index (κ1) is 15.5. The van der Waals surface area contributed by atoms with Crippen molar-refractivity contribution >= 4 is 34.0 Å². The first-order valence-electron chi connectivity index (χ1n) is 5.24. The van der Waals surface area contributed by atoms with Crippen LogP contribution in [0.25, 0.3) is 0 Å². The molecule has 0 aromatic carbocycles. The maximum Gasteiger partial charge on any atom is 0.319 e. The second-order valence-electron chi connectivity index (χ2n) is 3.77. The van der Waals surface area contributed by atoms with Crippen molar-refractivity contribution < 1.29 is 13.9 Å². The van der Waals surface area contributed by atoms with Crippen LogP contribution in [-0.2, 0) is 10.8 Å². The molecule has 104 valence electrons. The van der Waals surface area contributed by atoms with Crippen molar-refractivity contribution in [2.75, 3.05) is 12.8 Å². The summed E-state index contributed by atoms with van der Waals surface area (Å²) in [6, 6.07) is 1.22. The Bertz CT molecular complexity index is 538. The molecule has 1 aromatic rings. The number of aromatic nitrogens is 1. The molecule has 19 heavy (non-hydrogen) atoms. The van der Waals surface area contributed by atoms with Gasteiger partial charge in [0.15, 0.2) is 0 Å². The highest BCUT2D eigenvalue weighted by molar-refractivity contribution is 7.84. The van der Waals surface area contributed by atoms with E-state index in [0.29, 0.717) is 0 Å². The van der Waals surface area contributed by atoms with Crippen LogP contribution < -0.4 is 5.32 Å². The zero-order chi connectivity index (χ0) is 14.6. The van der Waals surface area contributed by atoms with Crippen molar-refractivity contribution in [3.05, 3.63) is 33.1 Å². The van der Waals surface area contributed by atoms with E-state index in [-0.39, 0.29) is 22.5 Å². The molecule has 0 fully saturated rings. The van der Waals surface area contributed by atoms with Crippen LogP contribution in [0.5, 0.6) is 0 Å². The van der Waals surface area contributed by atoms with Crippen LogP contribution in [-0.4, -0.2) is 38.1 Å². The number of carbonyl (C=O) groups is 1. The fraction of sp³-hybridized carbons (Fsp3) is 0.400. The molecule has 1 aromatic heterocycles. The minimum absolute atomic E-state index is 0.152. The number of hydrogen-bond donors (Lipinski definition) is 1. The minimum Gasteiger partial charge on any atom is -0.351 e. The van der Waals surface area contributed by atoms with Crippen LogP contribution in [0.15, 0.2) is 12.3 Å². The SMILES string of the molecule is CC(CNC(=O)c1ccnc(Cl)c1[N+](=O)[O-])S(C)=O. The zero-order valence-electron chi connectivity index (χ0n) is 10.3. The van der Waals surface area contributed by atoms with Crippen molar-refractivity contribution in [3.63, 3.8) is 0 Å². The molecule has 1 heterocycles. The van der Waals surface area contributed by atoms with Crippen LogP contribution in [0.2, 0.25) is 5.15 Å². The summed E-state index contributed by atoms with van der Waals surface area (Å²) in [7, 11) is -1.09. The Balaban J connectivity index is 2.92. The van der Waals surface area contributed by atoms with Crippen LogP contribution in [0.3, 0.4) is 0 Å². The van der Waals surface area contributed by atoms with Gasteiger partial charge in [0.2, 0.25) is 5.15 Å². The highest BCUT2D eigenvalue weighted by Crippen LogP contribution is 2.25. The van der Waals surface area contributed by atoms with E-state index in [4.69, 9.17) is 11.6 Å². The van der Waals surface area contributed by atoms with Gasteiger partial charge in [0.05, 0.1) is 4.92 Å². The highest BCUT2D eigenvalue weighted by atomic mass is 35.5. The lowest BCUT2D eigenvalue weighted by Gasteiger charge is -2.10. The maximum atomic E-state index is 11.8. The molecule has 2 atom stereocenters. The Kier molecular flexibility index (Phi) is 5.37. The van der Waals surface area contributed by atoms with Gasteiger partial charge in [0.1, 0.15) is 5.56 Å². The number of carbonyl (C=O) groups excluding carboxylic acids is 1. The minimum atomic E-state index is -1.09. The lowest BCUT2D eigenvalue weighted by molar-refractivity contribution is -0.385. The van der Waals surface area contributed by atoms with Crippen LogP contribution in [0.4, 0.5) is 5.69 Å². The van der Waals surface area contributed by atoms with E-state index < -0.39 is 27.3 Å². The first-order chi connectivity index (χ1) is 8.84. The Morgan fingerprint density at radius 3 is 2.84 bits per heavy atom. The second kappa shape index (κ2) is 6.58. The van der Waals surface area contributed by atoms with E-state index in [0.717, 1.165) is 0 Å². The molecular weight excluding hydrogens is 294 g/mol. The van der Waals surface area contributed by atoms with Crippen LogP contribution in [0.1, 0.15) is 17.3 Å². The number of amides is 1. The number of rotatable bonds is 5. The highest BCUT2D eigenvalue weighted by Gasteiger charge is 2.25. The van der Waals surface area contributed by atoms with E-state index >= 15 is 0 Å². The Labute approximate surface area is 117 Å². The van der Waals surface area contributed by atoms with Gasteiger partial charge in [-0.05, 0) is 13.0 Å². The molecule has 2 unspecified atom stereocenters. The molecule has 0 aliphatic rings. The first-order valence-corrected chi connectivity index (χ1v) is 7.23. The van der Waals surface area contributed by atoms with Gasteiger partial charge in [-0.15, -0.1) is 0 Å². The smallest absolute Gasteiger partial charge is 0.319 e. The lowest BCUT2D eigenvalue weighted by Crippen LogP contribution is -2.33. The molecule has 1 rings (SSSR count). The third-order valence-electron chi connectivity index (χ3n) is 2.42. The molecule has 0 spiro atoms. The van der Waals surface area contributed by atoms with Crippen molar-refractivity contribution in [3.8, 4) is 0 Å². The summed E-state index contributed by atoms with van der Waals surface area (Å²) in [5.41, 5.74) is -0.703. The molecule has 7 nitrogen and oxygen atoms in total. The molecule has 1 N–H and O–H groups in total. The number of nitrogens with zero attached hydrogens (tertiary/aromatic N) is 2. The van der Waals surface area contributed by atoms with E-state index in [1.807, 2.05) is 0 Å². The monoisotopic (exact) mass is 305 g/mol. The Morgan fingerprint density at radius 2 is 2.32 bits per heavy atom. The van der Waals surface area contributed by atoms with Gasteiger partial charge in [0.25, 0.3) is 5.91 Å². The van der Waals surface area contributed by atoms with Gasteiger partial charge in [-0.2, -0.15) is 0 Å². The fourth-order valence-corrected chi connectivity index (χ4v) is 1.78. The predicted molar refractivity (Wildman–Crippen MR) is 71.8 cm³/mol. The summed E-state index contributed by atoms with van der Waals surface area (Å²) in [6.45, 7) is 1.85. The summed E-state index contributed by atoms with van der Waals surface area (Å²) in [5.74, 6) is -0.645. The second-order valence-corrected chi connectivity index (χ2v) is 5.93. The largest absolute Gasteiger partial charge is 0.351 e. The molecule has 0 bridgehead atoms. The van der Waals surface area contributed by atoms with E-state index in [1.54, 1.807) is 6.92 Å². The summed E-state index contributed by atoms with van der Waals surface area (Å²) < 4.78 is 11.1. The standard InChI is InChI=1S/C10H12ClN3O4S/c1-6(19(2)18)5-13-10(15)7-3-4-12-9(11)8(7)14(16)17/h3-4,6H,5H2,1-2H3,(H,13,15). The van der Waals surface area contributed by atoms with Crippen molar-refractivity contribution in [2.45, 2.75) is 12.2 Å². The summed E-state index contributed by atoms with van der Waals surface area (Å²) in [4.78, 5) is 25.5. The molecule has 0 saturated heterocycles. The lowest BCUT2D eigenvalue weighted by atomic mass is 10.2. The summed E-state index contributed by atoms with van der Waals surface area (Å²) >= 11 is 5.60. The van der Waals surface area contributed by atoms with Crippen LogP contribution in [0, 0.1) is 10.1 Å². The van der Waals surface area contributed by atoms with Crippen molar-refractivity contribution in [1.29, 1.82) is 0 Å². The predicted octanol–water partition coefficient (Wildman–Crippen LogP) is 1.14. The average molecular weight is 306 g/mol. The van der Waals surface area contributed by atoms with Crippen LogP contribution >= 0.6 is 11.6 Å². The van der Waals surface area contributed by atoms with E-state index in [1.165, 1.54) is 18.5 Å². The number of halogens is 1. The third kappa shape index (κ3) is 3.97. The van der Waals surface area contributed by atoms with Gasteiger partial charge in [-0.1, -0.05) is 11.6 Å². The molecule has 0 radical (unpaired) electrons. The topological polar surface area (TPSA) is 102 Å². The Morgan fingerprint density at radius 1 is 1.68 bits per heavy atom. The summed E-state index contributed by atoms with van der Waals surface area (Å²) in [6.07, 6.45) is 2.73. The van der Waals surface area contributed by atoms with Gasteiger partial charge < -0.3 is 5.32 Å². The van der Waals surface area contributed by atoms with Gasteiger partial charge in [-0.25, -0.2) is 4.98 Å². The number of pyridine rings is 1. The van der Waals surface area contributed by atoms with E-state index in [2.05, 4.69) is 10.3 Å². The maximum absolute atomic E-state index is 11.8. The third-order valence-corrected chi connectivity index (χ3v) is 4.00. The van der Waals surface area contributed by atoms with Crippen molar-refractivity contribution in [1.82, 2.24) is 10.3 Å². The number of nitro groups is 1. The average Bonchev–Trinajstić information content (AvgIpc) is 2.34. The van der Waals surface area contributed by atoms with Gasteiger partial charge >= 0.3 is 5.69 Å². The normalized spacial score (nSPS) is 13.6. The molecule has 1 amide bonds. The molecule has 9 heteroatoms.